The van der Waals surface area contributed by atoms with Crippen molar-refractivity contribution in [2.45, 2.75) is 63.5 Å². The molecule has 0 amide bonds. The number of rotatable bonds is 3. The van der Waals surface area contributed by atoms with Gasteiger partial charge >= 0.3 is 0 Å². The zero-order valence-corrected chi connectivity index (χ0v) is 12.5. The van der Waals surface area contributed by atoms with Gasteiger partial charge in [0.1, 0.15) is 0 Å². The molecule has 1 aliphatic heterocycles. The third kappa shape index (κ3) is 2.49. The van der Waals surface area contributed by atoms with Gasteiger partial charge in [0.25, 0.3) is 0 Å². The molecule has 2 aliphatic rings. The Morgan fingerprint density at radius 2 is 1.80 bits per heavy atom. The zero-order chi connectivity index (χ0) is 14.0. The molecule has 1 aromatic rings. The molecule has 0 radical (unpaired) electrons. The van der Waals surface area contributed by atoms with E-state index < -0.39 is 6.10 Å². The monoisotopic (exact) mass is 274 g/mol. The summed E-state index contributed by atoms with van der Waals surface area (Å²) in [6.45, 7) is 4.29. The average molecular weight is 274 g/mol. The van der Waals surface area contributed by atoms with Crippen molar-refractivity contribution < 1.29 is 5.11 Å². The number of aromatic nitrogens is 1. The molecule has 1 unspecified atom stereocenters. The number of aliphatic hydroxyl groups excluding tert-OH is 1. The molecule has 0 aromatic carbocycles. The van der Waals surface area contributed by atoms with Gasteiger partial charge in [-0.2, -0.15) is 0 Å². The molecule has 2 fully saturated rings. The number of pyridine rings is 1. The van der Waals surface area contributed by atoms with Crippen molar-refractivity contribution in [3.63, 3.8) is 0 Å². The number of nitrogens with zero attached hydrogens (tertiary/aromatic N) is 2. The van der Waals surface area contributed by atoms with E-state index >= 15 is 0 Å². The normalized spacial score (nSPS) is 24.7. The van der Waals surface area contributed by atoms with Crippen molar-refractivity contribution in [2.75, 3.05) is 13.1 Å². The Hall–Kier alpha value is -0.930. The van der Waals surface area contributed by atoms with Gasteiger partial charge in [-0.1, -0.05) is 25.3 Å². The van der Waals surface area contributed by atoms with Crippen LogP contribution in [0.1, 0.15) is 62.3 Å². The van der Waals surface area contributed by atoms with Crippen LogP contribution < -0.4 is 0 Å². The standard InChI is InChI=1S/C17H26N2O/c1-14-7-8-15(13-18-14)16(20)17(9-3-4-10-17)19-11-5-2-6-12-19/h7-8,13,16,20H,2-6,9-12H2,1H3. The summed E-state index contributed by atoms with van der Waals surface area (Å²) in [5.41, 5.74) is 1.97. The lowest BCUT2D eigenvalue weighted by atomic mass is 9.83. The van der Waals surface area contributed by atoms with Crippen molar-refractivity contribution in [3.8, 4) is 0 Å². The van der Waals surface area contributed by atoms with Crippen LogP contribution in [-0.2, 0) is 0 Å². The predicted molar refractivity (Wildman–Crippen MR) is 80.6 cm³/mol. The Balaban J connectivity index is 1.87. The predicted octanol–water partition coefficient (Wildman–Crippen LogP) is 3.22. The molecular weight excluding hydrogens is 248 g/mol. The molecular formula is C17H26N2O. The molecule has 2 heterocycles. The van der Waals surface area contributed by atoms with Crippen LogP contribution in [0.5, 0.6) is 0 Å². The summed E-state index contributed by atoms with van der Waals surface area (Å²) in [4.78, 5) is 6.95. The van der Waals surface area contributed by atoms with Crippen molar-refractivity contribution in [2.24, 2.45) is 0 Å². The topological polar surface area (TPSA) is 36.4 Å². The molecule has 1 aliphatic carbocycles. The lowest BCUT2D eigenvalue weighted by Gasteiger charge is -2.46. The fourth-order valence-corrected chi connectivity index (χ4v) is 4.04. The summed E-state index contributed by atoms with van der Waals surface area (Å²) < 4.78 is 0. The molecule has 3 rings (SSSR count). The minimum absolute atomic E-state index is 0.0304. The maximum Gasteiger partial charge on any atom is 0.0988 e. The second kappa shape index (κ2) is 5.82. The lowest BCUT2D eigenvalue weighted by molar-refractivity contribution is -0.0406. The third-order valence-electron chi connectivity index (χ3n) is 5.21. The van der Waals surface area contributed by atoms with Gasteiger partial charge < -0.3 is 5.11 Å². The second-order valence-electron chi connectivity index (χ2n) is 6.49. The highest BCUT2D eigenvalue weighted by molar-refractivity contribution is 5.21. The summed E-state index contributed by atoms with van der Waals surface area (Å²) in [7, 11) is 0. The van der Waals surface area contributed by atoms with Crippen molar-refractivity contribution >= 4 is 0 Å². The van der Waals surface area contributed by atoms with E-state index in [2.05, 4.69) is 16.0 Å². The maximum atomic E-state index is 11.0. The number of hydrogen-bond donors (Lipinski definition) is 1. The largest absolute Gasteiger partial charge is 0.386 e. The van der Waals surface area contributed by atoms with Crippen LogP contribution in [0, 0.1) is 6.92 Å². The van der Waals surface area contributed by atoms with Crippen LogP contribution in [-0.4, -0.2) is 33.6 Å². The fraction of sp³-hybridized carbons (Fsp3) is 0.706. The molecule has 3 nitrogen and oxygen atoms in total. The van der Waals surface area contributed by atoms with E-state index in [4.69, 9.17) is 0 Å². The molecule has 1 N–H and O–H groups in total. The van der Waals surface area contributed by atoms with E-state index in [9.17, 15) is 5.11 Å². The molecule has 1 saturated heterocycles. The van der Waals surface area contributed by atoms with Gasteiger partial charge in [0.05, 0.1) is 11.6 Å². The first kappa shape index (κ1) is 14.0. The van der Waals surface area contributed by atoms with Gasteiger partial charge in [-0.05, 0) is 51.8 Å². The van der Waals surface area contributed by atoms with E-state index in [1.807, 2.05) is 19.2 Å². The van der Waals surface area contributed by atoms with Crippen molar-refractivity contribution in [1.82, 2.24) is 9.88 Å². The van der Waals surface area contributed by atoms with Crippen molar-refractivity contribution in [1.29, 1.82) is 0 Å². The van der Waals surface area contributed by atoms with Gasteiger partial charge in [-0.3, -0.25) is 9.88 Å². The Labute approximate surface area is 122 Å². The summed E-state index contributed by atoms with van der Waals surface area (Å²) in [6, 6.07) is 4.06. The Kier molecular flexibility index (Phi) is 4.08. The summed E-state index contributed by atoms with van der Waals surface area (Å²) in [6.07, 6.45) is 10.1. The minimum atomic E-state index is -0.392. The average Bonchev–Trinajstić information content (AvgIpc) is 2.99. The highest BCUT2D eigenvalue weighted by Crippen LogP contribution is 2.45. The van der Waals surface area contributed by atoms with Gasteiger partial charge in [0, 0.05) is 17.5 Å². The molecule has 3 heteroatoms. The summed E-state index contributed by atoms with van der Waals surface area (Å²) in [5, 5.41) is 11.0. The minimum Gasteiger partial charge on any atom is -0.386 e. The van der Waals surface area contributed by atoms with Crippen molar-refractivity contribution in [3.05, 3.63) is 29.6 Å². The van der Waals surface area contributed by atoms with Crippen LogP contribution in [0.2, 0.25) is 0 Å². The number of piperidine rings is 1. The summed E-state index contributed by atoms with van der Waals surface area (Å²) in [5.74, 6) is 0. The van der Waals surface area contributed by atoms with E-state index in [0.717, 1.165) is 37.2 Å². The highest BCUT2D eigenvalue weighted by Gasteiger charge is 2.46. The number of aryl methyl sites for hydroxylation is 1. The Morgan fingerprint density at radius 1 is 1.10 bits per heavy atom. The van der Waals surface area contributed by atoms with Crippen LogP contribution >= 0.6 is 0 Å². The first-order valence-electron chi connectivity index (χ1n) is 8.08. The van der Waals surface area contributed by atoms with Gasteiger partial charge in [-0.15, -0.1) is 0 Å². The second-order valence-corrected chi connectivity index (χ2v) is 6.49. The number of hydrogen-bond acceptors (Lipinski definition) is 3. The summed E-state index contributed by atoms with van der Waals surface area (Å²) >= 11 is 0. The lowest BCUT2D eigenvalue weighted by Crippen LogP contribution is -2.53. The van der Waals surface area contributed by atoms with Gasteiger partial charge in [0.15, 0.2) is 0 Å². The van der Waals surface area contributed by atoms with E-state index in [1.54, 1.807) is 0 Å². The first-order chi connectivity index (χ1) is 9.72. The number of aliphatic hydroxyl groups is 1. The molecule has 20 heavy (non-hydrogen) atoms. The molecule has 0 spiro atoms. The Bertz CT molecular complexity index is 431. The van der Waals surface area contributed by atoms with Crippen LogP contribution in [0.4, 0.5) is 0 Å². The maximum absolute atomic E-state index is 11.0. The van der Waals surface area contributed by atoms with Crippen LogP contribution in [0.3, 0.4) is 0 Å². The fourth-order valence-electron chi connectivity index (χ4n) is 4.04. The molecule has 0 bridgehead atoms. The SMILES string of the molecule is Cc1ccc(C(O)C2(N3CCCCC3)CCCC2)cn1. The van der Waals surface area contributed by atoms with Crippen LogP contribution in [0.25, 0.3) is 0 Å². The number of likely N-dealkylation sites (tertiary alicyclic amines) is 1. The van der Waals surface area contributed by atoms with E-state index in [1.165, 1.54) is 32.1 Å². The molecule has 1 saturated carbocycles. The highest BCUT2D eigenvalue weighted by atomic mass is 16.3. The molecule has 110 valence electrons. The van der Waals surface area contributed by atoms with E-state index in [-0.39, 0.29) is 5.54 Å². The van der Waals surface area contributed by atoms with Gasteiger partial charge in [-0.25, -0.2) is 0 Å². The Morgan fingerprint density at radius 3 is 2.40 bits per heavy atom. The quantitative estimate of drug-likeness (QED) is 0.919. The molecule has 1 aromatic heterocycles. The van der Waals surface area contributed by atoms with Crippen LogP contribution in [0.15, 0.2) is 18.3 Å². The third-order valence-corrected chi connectivity index (χ3v) is 5.21. The van der Waals surface area contributed by atoms with E-state index in [0.29, 0.717) is 0 Å². The molecule has 1 atom stereocenters. The smallest absolute Gasteiger partial charge is 0.0988 e. The zero-order valence-electron chi connectivity index (χ0n) is 12.5. The first-order valence-corrected chi connectivity index (χ1v) is 8.08. The van der Waals surface area contributed by atoms with Gasteiger partial charge in [0.2, 0.25) is 0 Å².